The molecule has 0 spiro atoms. The molecule has 0 aromatic heterocycles. The lowest BCUT2D eigenvalue weighted by molar-refractivity contribution is -0.141. The van der Waals surface area contributed by atoms with Crippen molar-refractivity contribution in [1.82, 2.24) is 10.2 Å². The summed E-state index contributed by atoms with van der Waals surface area (Å²) in [6.07, 6.45) is 2.24. The molecule has 19 heavy (non-hydrogen) atoms. The number of carbonyl (C=O) groups excluding carboxylic acids is 1. The summed E-state index contributed by atoms with van der Waals surface area (Å²) in [5, 5.41) is 11.6. The molecule has 0 bridgehead atoms. The molecule has 2 unspecified atom stereocenters. The molecular formula is C14H28N2O3. The van der Waals surface area contributed by atoms with Crippen molar-refractivity contribution in [3.05, 3.63) is 0 Å². The Labute approximate surface area is 116 Å². The van der Waals surface area contributed by atoms with Crippen molar-refractivity contribution in [2.75, 3.05) is 13.6 Å². The lowest BCUT2D eigenvalue weighted by atomic mass is 10.0. The van der Waals surface area contributed by atoms with Gasteiger partial charge in [-0.15, -0.1) is 0 Å². The Balaban J connectivity index is 3.88. The van der Waals surface area contributed by atoms with Gasteiger partial charge in [-0.2, -0.15) is 0 Å². The van der Waals surface area contributed by atoms with Crippen molar-refractivity contribution in [3.63, 3.8) is 0 Å². The highest BCUT2D eigenvalue weighted by atomic mass is 16.4. The van der Waals surface area contributed by atoms with Crippen LogP contribution in [-0.4, -0.2) is 41.6 Å². The van der Waals surface area contributed by atoms with E-state index in [2.05, 4.69) is 19.2 Å². The van der Waals surface area contributed by atoms with Crippen LogP contribution in [0.25, 0.3) is 0 Å². The van der Waals surface area contributed by atoms with Crippen LogP contribution in [0.15, 0.2) is 0 Å². The Bertz CT molecular complexity index is 292. The van der Waals surface area contributed by atoms with Crippen molar-refractivity contribution in [2.24, 2.45) is 11.8 Å². The smallest absolute Gasteiger partial charge is 0.317 e. The van der Waals surface area contributed by atoms with Gasteiger partial charge in [-0.3, -0.25) is 4.79 Å². The Morgan fingerprint density at radius 2 is 1.79 bits per heavy atom. The quantitative estimate of drug-likeness (QED) is 0.667. The van der Waals surface area contributed by atoms with Crippen LogP contribution < -0.4 is 5.32 Å². The summed E-state index contributed by atoms with van der Waals surface area (Å²) in [6, 6.07) is 0.120. The fourth-order valence-electron chi connectivity index (χ4n) is 1.89. The van der Waals surface area contributed by atoms with Gasteiger partial charge in [0.2, 0.25) is 0 Å². The van der Waals surface area contributed by atoms with E-state index in [0.29, 0.717) is 25.3 Å². The van der Waals surface area contributed by atoms with E-state index in [4.69, 9.17) is 5.11 Å². The van der Waals surface area contributed by atoms with Crippen LogP contribution in [0.4, 0.5) is 4.79 Å². The van der Waals surface area contributed by atoms with Gasteiger partial charge in [0.1, 0.15) is 0 Å². The van der Waals surface area contributed by atoms with E-state index in [1.807, 2.05) is 6.92 Å². The summed E-state index contributed by atoms with van der Waals surface area (Å²) in [5.41, 5.74) is 0. The number of nitrogens with zero attached hydrogens (tertiary/aromatic N) is 1. The third kappa shape index (κ3) is 7.70. The number of carboxylic acids is 1. The molecule has 0 aromatic carbocycles. The number of nitrogens with one attached hydrogen (secondary N) is 1. The number of amides is 2. The molecule has 0 radical (unpaired) electrons. The van der Waals surface area contributed by atoms with Crippen LogP contribution in [0.5, 0.6) is 0 Å². The van der Waals surface area contributed by atoms with Crippen molar-refractivity contribution >= 4 is 12.0 Å². The van der Waals surface area contributed by atoms with Gasteiger partial charge in [0.05, 0.1) is 5.92 Å². The molecule has 0 rings (SSSR count). The van der Waals surface area contributed by atoms with Gasteiger partial charge in [0, 0.05) is 19.6 Å². The monoisotopic (exact) mass is 272 g/mol. The Kier molecular flexibility index (Phi) is 8.19. The molecule has 0 heterocycles. The molecule has 0 aliphatic heterocycles. The van der Waals surface area contributed by atoms with E-state index in [1.54, 1.807) is 18.9 Å². The minimum absolute atomic E-state index is 0.0869. The third-order valence-electron chi connectivity index (χ3n) is 3.31. The maximum absolute atomic E-state index is 11.8. The van der Waals surface area contributed by atoms with Gasteiger partial charge < -0.3 is 15.3 Å². The van der Waals surface area contributed by atoms with Crippen LogP contribution in [0, 0.1) is 11.8 Å². The lowest BCUT2D eigenvalue weighted by Gasteiger charge is -2.26. The molecular weight excluding hydrogens is 244 g/mol. The largest absolute Gasteiger partial charge is 0.481 e. The zero-order valence-corrected chi connectivity index (χ0v) is 12.8. The molecule has 0 aliphatic rings. The number of hydrogen-bond acceptors (Lipinski definition) is 2. The second-order valence-corrected chi connectivity index (χ2v) is 5.70. The van der Waals surface area contributed by atoms with E-state index in [9.17, 15) is 9.59 Å². The third-order valence-corrected chi connectivity index (χ3v) is 3.31. The topological polar surface area (TPSA) is 69.6 Å². The summed E-state index contributed by atoms with van der Waals surface area (Å²) in [4.78, 5) is 24.2. The standard InChI is InChI=1S/C14H28N2O3/c1-10(2)9-12(4)16(5)14(19)15-8-6-7-11(3)13(17)18/h10-12H,6-9H2,1-5H3,(H,15,19)(H,17,18). The fourth-order valence-corrected chi connectivity index (χ4v) is 1.89. The molecule has 0 aromatic rings. The SMILES string of the molecule is CC(C)CC(C)N(C)C(=O)NCCCC(C)C(=O)O. The van der Waals surface area contributed by atoms with Crippen molar-refractivity contribution in [3.8, 4) is 0 Å². The highest BCUT2D eigenvalue weighted by Gasteiger charge is 2.16. The highest BCUT2D eigenvalue weighted by molar-refractivity contribution is 5.74. The molecule has 2 N–H and O–H groups in total. The van der Waals surface area contributed by atoms with Crippen molar-refractivity contribution in [1.29, 1.82) is 0 Å². The van der Waals surface area contributed by atoms with E-state index >= 15 is 0 Å². The zero-order chi connectivity index (χ0) is 15.0. The molecule has 5 heteroatoms. The maximum atomic E-state index is 11.8. The van der Waals surface area contributed by atoms with E-state index in [-0.39, 0.29) is 18.0 Å². The summed E-state index contributed by atoms with van der Waals surface area (Å²) < 4.78 is 0. The summed E-state index contributed by atoms with van der Waals surface area (Å²) in [5.74, 6) is -0.579. The van der Waals surface area contributed by atoms with Crippen LogP contribution in [0.2, 0.25) is 0 Å². The van der Waals surface area contributed by atoms with Crippen LogP contribution >= 0.6 is 0 Å². The van der Waals surface area contributed by atoms with Crippen molar-refractivity contribution in [2.45, 2.75) is 53.0 Å². The second-order valence-electron chi connectivity index (χ2n) is 5.70. The minimum Gasteiger partial charge on any atom is -0.481 e. The molecule has 112 valence electrons. The Morgan fingerprint density at radius 3 is 2.26 bits per heavy atom. The number of hydrogen-bond donors (Lipinski definition) is 2. The molecule has 0 aliphatic carbocycles. The molecule has 0 fully saturated rings. The molecule has 2 amide bonds. The fraction of sp³-hybridized carbons (Fsp3) is 0.857. The minimum atomic E-state index is -0.783. The molecule has 0 saturated carbocycles. The zero-order valence-electron chi connectivity index (χ0n) is 12.8. The predicted molar refractivity (Wildman–Crippen MR) is 76.1 cm³/mol. The van der Waals surface area contributed by atoms with Gasteiger partial charge in [0.25, 0.3) is 0 Å². The first-order chi connectivity index (χ1) is 8.75. The summed E-state index contributed by atoms with van der Waals surface area (Å²) in [6.45, 7) is 8.51. The van der Waals surface area contributed by atoms with Crippen LogP contribution in [0.1, 0.15) is 47.0 Å². The number of carbonyl (C=O) groups is 2. The average Bonchev–Trinajstić information content (AvgIpc) is 2.31. The van der Waals surface area contributed by atoms with Gasteiger partial charge in [-0.25, -0.2) is 4.79 Å². The van der Waals surface area contributed by atoms with Crippen molar-refractivity contribution < 1.29 is 14.7 Å². The van der Waals surface area contributed by atoms with E-state index in [0.717, 1.165) is 6.42 Å². The first-order valence-electron chi connectivity index (χ1n) is 6.99. The normalized spacial score (nSPS) is 14.0. The highest BCUT2D eigenvalue weighted by Crippen LogP contribution is 2.09. The molecule has 2 atom stereocenters. The maximum Gasteiger partial charge on any atom is 0.317 e. The summed E-state index contributed by atoms with van der Waals surface area (Å²) in [7, 11) is 1.79. The average molecular weight is 272 g/mol. The molecule has 5 nitrogen and oxygen atoms in total. The number of urea groups is 1. The van der Waals surface area contributed by atoms with E-state index < -0.39 is 5.97 Å². The first kappa shape index (κ1) is 17.7. The first-order valence-corrected chi connectivity index (χ1v) is 6.99. The van der Waals surface area contributed by atoms with Crippen LogP contribution in [0.3, 0.4) is 0 Å². The summed E-state index contributed by atoms with van der Waals surface area (Å²) >= 11 is 0. The van der Waals surface area contributed by atoms with Gasteiger partial charge in [0.15, 0.2) is 0 Å². The van der Waals surface area contributed by atoms with Gasteiger partial charge in [-0.1, -0.05) is 20.8 Å². The Hall–Kier alpha value is -1.26. The van der Waals surface area contributed by atoms with Crippen LogP contribution in [-0.2, 0) is 4.79 Å². The molecule has 0 saturated heterocycles. The van der Waals surface area contributed by atoms with Gasteiger partial charge in [-0.05, 0) is 32.1 Å². The number of aliphatic carboxylic acids is 1. The van der Waals surface area contributed by atoms with Gasteiger partial charge >= 0.3 is 12.0 Å². The lowest BCUT2D eigenvalue weighted by Crippen LogP contribution is -2.43. The predicted octanol–water partition coefficient (Wildman–Crippen LogP) is 2.56. The second kappa shape index (κ2) is 8.77. The Morgan fingerprint density at radius 1 is 1.21 bits per heavy atom. The number of rotatable bonds is 8. The van der Waals surface area contributed by atoms with E-state index in [1.165, 1.54) is 0 Å². The number of carboxylic acid groups (broad SMARTS) is 1.